The van der Waals surface area contributed by atoms with Crippen molar-refractivity contribution < 1.29 is 24.0 Å². The Morgan fingerprint density at radius 2 is 1.89 bits per heavy atom. The van der Waals surface area contributed by atoms with Gasteiger partial charge in [-0.3, -0.25) is 14.9 Å². The lowest BCUT2D eigenvalue weighted by atomic mass is 10.0. The molecule has 0 heterocycles. The zero-order chi connectivity index (χ0) is 19.8. The minimum atomic E-state index is -0.827. The van der Waals surface area contributed by atoms with Crippen LogP contribution in [0.25, 0.3) is 0 Å². The number of nitrogens with one attached hydrogen (secondary N) is 1. The van der Waals surface area contributed by atoms with E-state index in [4.69, 9.17) is 9.47 Å². The summed E-state index contributed by atoms with van der Waals surface area (Å²) >= 11 is 0. The number of nitrogens with zero attached hydrogens (tertiary/aromatic N) is 1. The molecule has 0 saturated heterocycles. The highest BCUT2D eigenvalue weighted by Crippen LogP contribution is 2.27. The molecule has 0 aliphatic heterocycles. The summed E-state index contributed by atoms with van der Waals surface area (Å²) in [6.07, 6.45) is 0. The fourth-order valence-corrected chi connectivity index (χ4v) is 2.39. The van der Waals surface area contributed by atoms with Crippen molar-refractivity contribution in [3.8, 4) is 5.75 Å². The summed E-state index contributed by atoms with van der Waals surface area (Å²) in [6.45, 7) is 1.90. The van der Waals surface area contributed by atoms with Crippen molar-refractivity contribution in [1.29, 1.82) is 0 Å². The monoisotopic (exact) mass is 372 g/mol. The van der Waals surface area contributed by atoms with E-state index >= 15 is 0 Å². The van der Waals surface area contributed by atoms with Crippen molar-refractivity contribution in [1.82, 2.24) is 5.32 Å². The molecule has 0 saturated carbocycles. The minimum absolute atomic E-state index is 0.0317. The van der Waals surface area contributed by atoms with Crippen molar-refractivity contribution in [2.75, 3.05) is 20.3 Å². The summed E-state index contributed by atoms with van der Waals surface area (Å²) in [4.78, 5) is 34.2. The molecule has 0 fully saturated rings. The van der Waals surface area contributed by atoms with Crippen molar-refractivity contribution >= 4 is 17.6 Å². The molecular formula is C19H20N2O6. The molecule has 0 unspecified atom stereocenters. The van der Waals surface area contributed by atoms with Crippen molar-refractivity contribution in [2.24, 2.45) is 0 Å². The summed E-state index contributed by atoms with van der Waals surface area (Å²) in [5, 5.41) is 13.7. The van der Waals surface area contributed by atoms with Crippen LogP contribution in [0.15, 0.2) is 48.5 Å². The number of hydrogen-bond donors (Lipinski definition) is 1. The second-order valence-corrected chi connectivity index (χ2v) is 5.84. The summed E-state index contributed by atoms with van der Waals surface area (Å²) in [6, 6.07) is 13.4. The van der Waals surface area contributed by atoms with Gasteiger partial charge in [0.25, 0.3) is 5.91 Å². The number of ether oxygens (including phenoxy) is 2. The molecule has 0 bridgehead atoms. The van der Waals surface area contributed by atoms with E-state index in [0.29, 0.717) is 6.54 Å². The average molecular weight is 372 g/mol. The van der Waals surface area contributed by atoms with E-state index < -0.39 is 23.4 Å². The molecule has 1 atom stereocenters. The first-order chi connectivity index (χ1) is 12.9. The van der Waals surface area contributed by atoms with Gasteiger partial charge < -0.3 is 14.8 Å². The molecule has 0 aromatic heterocycles. The number of carbonyl (C=O) groups excluding carboxylic acids is 2. The number of nitro benzene ring substituents is 1. The Kier molecular flexibility index (Phi) is 6.87. The van der Waals surface area contributed by atoms with E-state index in [1.807, 2.05) is 37.3 Å². The van der Waals surface area contributed by atoms with E-state index in [2.05, 4.69) is 5.32 Å². The number of benzene rings is 2. The number of amides is 1. The van der Waals surface area contributed by atoms with Gasteiger partial charge in [0.15, 0.2) is 12.4 Å². The lowest BCUT2D eigenvalue weighted by Crippen LogP contribution is -2.31. The zero-order valence-corrected chi connectivity index (χ0v) is 15.0. The van der Waals surface area contributed by atoms with Crippen LogP contribution in [-0.2, 0) is 9.53 Å². The number of rotatable bonds is 8. The Morgan fingerprint density at radius 3 is 2.52 bits per heavy atom. The van der Waals surface area contributed by atoms with Gasteiger partial charge in [-0.2, -0.15) is 0 Å². The molecular weight excluding hydrogens is 352 g/mol. The highest BCUT2D eigenvalue weighted by atomic mass is 16.6. The Hall–Kier alpha value is -3.42. The third-order valence-electron chi connectivity index (χ3n) is 3.92. The number of carbonyl (C=O) groups is 2. The second-order valence-electron chi connectivity index (χ2n) is 5.84. The quantitative estimate of drug-likeness (QED) is 0.434. The molecule has 1 N–H and O–H groups in total. The molecule has 27 heavy (non-hydrogen) atoms. The van der Waals surface area contributed by atoms with Crippen molar-refractivity contribution in [3.05, 3.63) is 69.8 Å². The smallest absolute Gasteiger partial charge is 0.338 e. The number of nitro groups is 1. The predicted octanol–water partition coefficient (Wildman–Crippen LogP) is 2.68. The van der Waals surface area contributed by atoms with Crippen LogP contribution in [0.2, 0.25) is 0 Å². The van der Waals surface area contributed by atoms with E-state index in [-0.39, 0.29) is 22.9 Å². The summed E-state index contributed by atoms with van der Waals surface area (Å²) in [5.74, 6) is -1.14. The summed E-state index contributed by atoms with van der Waals surface area (Å²) in [7, 11) is 1.29. The van der Waals surface area contributed by atoms with Crippen LogP contribution in [0, 0.1) is 10.1 Å². The van der Waals surface area contributed by atoms with Crippen LogP contribution >= 0.6 is 0 Å². The maximum absolute atomic E-state index is 12.0. The third-order valence-corrected chi connectivity index (χ3v) is 3.92. The SMILES string of the molecule is COc1ccc(C(=O)OCC(=O)NC[C@@H](C)c2ccccc2)cc1[N+](=O)[O-]. The molecule has 0 spiro atoms. The van der Waals surface area contributed by atoms with E-state index in [0.717, 1.165) is 11.6 Å². The molecule has 2 rings (SSSR count). The molecule has 0 aliphatic carbocycles. The number of hydrogen-bond acceptors (Lipinski definition) is 6. The largest absolute Gasteiger partial charge is 0.490 e. The van der Waals surface area contributed by atoms with Gasteiger partial charge >= 0.3 is 11.7 Å². The highest BCUT2D eigenvalue weighted by molar-refractivity contribution is 5.92. The lowest BCUT2D eigenvalue weighted by molar-refractivity contribution is -0.385. The van der Waals surface area contributed by atoms with Crippen LogP contribution in [0.5, 0.6) is 5.75 Å². The summed E-state index contributed by atoms with van der Waals surface area (Å²) < 4.78 is 9.79. The summed E-state index contributed by atoms with van der Waals surface area (Å²) in [5.41, 5.74) is 0.696. The number of esters is 1. The van der Waals surface area contributed by atoms with Crippen LogP contribution in [-0.4, -0.2) is 37.1 Å². The minimum Gasteiger partial charge on any atom is -0.490 e. The Morgan fingerprint density at radius 1 is 1.19 bits per heavy atom. The second kappa shape index (κ2) is 9.33. The average Bonchev–Trinajstić information content (AvgIpc) is 2.70. The van der Waals surface area contributed by atoms with Gasteiger partial charge in [-0.05, 0) is 23.6 Å². The van der Waals surface area contributed by atoms with E-state index in [1.165, 1.54) is 19.2 Å². The van der Waals surface area contributed by atoms with E-state index in [9.17, 15) is 19.7 Å². The number of methoxy groups -OCH3 is 1. The van der Waals surface area contributed by atoms with Gasteiger partial charge in [-0.15, -0.1) is 0 Å². The Balaban J connectivity index is 1.87. The fourth-order valence-electron chi connectivity index (χ4n) is 2.39. The van der Waals surface area contributed by atoms with Gasteiger partial charge in [0, 0.05) is 12.6 Å². The van der Waals surface area contributed by atoms with Crippen molar-refractivity contribution in [2.45, 2.75) is 12.8 Å². The molecule has 8 nitrogen and oxygen atoms in total. The first-order valence-electron chi connectivity index (χ1n) is 8.23. The van der Waals surface area contributed by atoms with Gasteiger partial charge in [-0.1, -0.05) is 37.3 Å². The van der Waals surface area contributed by atoms with Crippen molar-refractivity contribution in [3.63, 3.8) is 0 Å². The highest BCUT2D eigenvalue weighted by Gasteiger charge is 2.19. The fraction of sp³-hybridized carbons (Fsp3) is 0.263. The third kappa shape index (κ3) is 5.53. The van der Waals surface area contributed by atoms with Gasteiger partial charge in [0.1, 0.15) is 0 Å². The standard InChI is InChI=1S/C19H20N2O6/c1-13(14-6-4-3-5-7-14)11-20-18(22)12-27-19(23)15-8-9-17(26-2)16(10-15)21(24)25/h3-10,13H,11-12H2,1-2H3,(H,20,22)/t13-/m1/s1. The normalized spacial score (nSPS) is 11.3. The lowest BCUT2D eigenvalue weighted by Gasteiger charge is -2.13. The topological polar surface area (TPSA) is 108 Å². The van der Waals surface area contributed by atoms with Crippen LogP contribution in [0.1, 0.15) is 28.8 Å². The Labute approximate surface area is 156 Å². The molecule has 2 aromatic carbocycles. The van der Waals surface area contributed by atoms with Crippen LogP contribution in [0.3, 0.4) is 0 Å². The maximum atomic E-state index is 12.0. The van der Waals surface area contributed by atoms with E-state index in [1.54, 1.807) is 0 Å². The first-order valence-corrected chi connectivity index (χ1v) is 8.23. The molecule has 2 aromatic rings. The molecule has 0 radical (unpaired) electrons. The maximum Gasteiger partial charge on any atom is 0.338 e. The van der Waals surface area contributed by atoms with Gasteiger partial charge in [-0.25, -0.2) is 4.79 Å². The predicted molar refractivity (Wildman–Crippen MR) is 97.8 cm³/mol. The zero-order valence-electron chi connectivity index (χ0n) is 15.0. The first kappa shape index (κ1) is 19.9. The van der Waals surface area contributed by atoms with Gasteiger partial charge in [0.05, 0.1) is 17.6 Å². The molecule has 8 heteroatoms. The molecule has 0 aliphatic rings. The van der Waals surface area contributed by atoms with Crippen LogP contribution < -0.4 is 10.1 Å². The molecule has 1 amide bonds. The van der Waals surface area contributed by atoms with Gasteiger partial charge in [0.2, 0.25) is 0 Å². The molecule has 142 valence electrons. The Bertz CT molecular complexity index is 822. The van der Waals surface area contributed by atoms with Crippen LogP contribution in [0.4, 0.5) is 5.69 Å².